The molecule has 5 atom stereocenters. The average Bonchev–Trinajstić information content (AvgIpc) is 2.98. The van der Waals surface area contributed by atoms with Crippen LogP contribution in [0.25, 0.3) is 0 Å². The molecule has 0 N–H and O–H groups in total. The zero-order chi connectivity index (χ0) is 15.2. The first kappa shape index (κ1) is 13.1. The summed E-state index contributed by atoms with van der Waals surface area (Å²) >= 11 is 0. The number of Topliss-reactive ketones (excluding diaryl/α,β-unsaturated/α-hetero) is 1. The Bertz CT molecular complexity index is 660. The average molecular weight is 297 g/mol. The molecule has 3 aliphatic carbocycles. The lowest BCUT2D eigenvalue weighted by atomic mass is 9.58. The second-order valence-corrected chi connectivity index (χ2v) is 8.26. The quantitative estimate of drug-likeness (QED) is 0.509. The number of nitrogens with zero attached hydrogens (tertiary/aromatic N) is 1. The van der Waals surface area contributed by atoms with Crippen LogP contribution in [0.3, 0.4) is 0 Å². The molecule has 2 unspecified atom stereocenters. The van der Waals surface area contributed by atoms with Gasteiger partial charge in [0.25, 0.3) is 0 Å². The van der Waals surface area contributed by atoms with E-state index >= 15 is 0 Å². The topological polar surface area (TPSA) is 37.4 Å². The number of amides is 1. The SMILES string of the molecule is C=C1CN2C(=O)[C@H]3C(=O)C[C@H]4CCCC4=C4CC1CC2[C@]43C. The van der Waals surface area contributed by atoms with Gasteiger partial charge in [-0.25, -0.2) is 0 Å². The van der Waals surface area contributed by atoms with Gasteiger partial charge in [-0.05, 0) is 43.9 Å². The van der Waals surface area contributed by atoms with E-state index in [4.69, 9.17) is 0 Å². The first-order chi connectivity index (χ1) is 10.5. The predicted octanol–water partition coefficient (Wildman–Crippen LogP) is 2.87. The fourth-order valence-electron chi connectivity index (χ4n) is 6.36. The molecule has 0 aromatic heterocycles. The Balaban J connectivity index is 1.79. The molecule has 2 heterocycles. The minimum absolute atomic E-state index is 0.0945. The predicted molar refractivity (Wildman–Crippen MR) is 83.0 cm³/mol. The van der Waals surface area contributed by atoms with Crippen molar-refractivity contribution < 1.29 is 9.59 Å². The van der Waals surface area contributed by atoms with Gasteiger partial charge in [0.1, 0.15) is 11.7 Å². The zero-order valence-electron chi connectivity index (χ0n) is 13.2. The molecule has 0 radical (unpaired) electrons. The fraction of sp³-hybridized carbons (Fsp3) is 0.684. The van der Waals surface area contributed by atoms with E-state index in [0.29, 0.717) is 24.8 Å². The molecule has 3 heteroatoms. The summed E-state index contributed by atoms with van der Waals surface area (Å²) in [6.07, 6.45) is 6.19. The maximum Gasteiger partial charge on any atom is 0.234 e. The zero-order valence-corrected chi connectivity index (χ0v) is 13.2. The van der Waals surface area contributed by atoms with Crippen molar-refractivity contribution >= 4 is 11.7 Å². The molecule has 0 aromatic rings. The van der Waals surface area contributed by atoms with Crippen molar-refractivity contribution in [2.45, 2.75) is 51.5 Å². The molecular weight excluding hydrogens is 274 g/mol. The molecule has 116 valence electrons. The molecule has 2 bridgehead atoms. The van der Waals surface area contributed by atoms with Crippen LogP contribution in [0.1, 0.15) is 45.4 Å². The smallest absolute Gasteiger partial charge is 0.234 e. The van der Waals surface area contributed by atoms with Gasteiger partial charge in [0, 0.05) is 24.4 Å². The van der Waals surface area contributed by atoms with Gasteiger partial charge in [0.2, 0.25) is 5.91 Å². The van der Waals surface area contributed by atoms with Crippen LogP contribution in [0.15, 0.2) is 23.3 Å². The first-order valence-electron chi connectivity index (χ1n) is 8.75. The highest BCUT2D eigenvalue weighted by molar-refractivity contribution is 6.05. The summed E-state index contributed by atoms with van der Waals surface area (Å²) in [7, 11) is 0. The number of hydrogen-bond acceptors (Lipinski definition) is 2. The van der Waals surface area contributed by atoms with Gasteiger partial charge in [-0.1, -0.05) is 30.2 Å². The third-order valence-electron chi connectivity index (χ3n) is 7.41. The van der Waals surface area contributed by atoms with E-state index in [9.17, 15) is 9.59 Å². The lowest BCUT2D eigenvalue weighted by Gasteiger charge is -2.50. The lowest BCUT2D eigenvalue weighted by molar-refractivity contribution is -0.138. The van der Waals surface area contributed by atoms with Crippen LogP contribution in [0.4, 0.5) is 0 Å². The third kappa shape index (κ3) is 1.30. The van der Waals surface area contributed by atoms with Crippen LogP contribution in [-0.2, 0) is 9.59 Å². The third-order valence-corrected chi connectivity index (χ3v) is 7.41. The van der Waals surface area contributed by atoms with Crippen molar-refractivity contribution in [1.29, 1.82) is 0 Å². The van der Waals surface area contributed by atoms with Crippen molar-refractivity contribution in [1.82, 2.24) is 4.90 Å². The van der Waals surface area contributed by atoms with Crippen molar-refractivity contribution in [3.63, 3.8) is 0 Å². The molecule has 5 rings (SSSR count). The molecule has 2 saturated carbocycles. The Morgan fingerprint density at radius 2 is 2.05 bits per heavy atom. The Morgan fingerprint density at radius 3 is 2.86 bits per heavy atom. The van der Waals surface area contributed by atoms with E-state index in [2.05, 4.69) is 13.5 Å². The number of ketones is 1. The summed E-state index contributed by atoms with van der Waals surface area (Å²) in [5.41, 5.74) is 4.02. The van der Waals surface area contributed by atoms with Gasteiger partial charge in [0.15, 0.2) is 0 Å². The molecular formula is C19H23NO2. The summed E-state index contributed by atoms with van der Waals surface area (Å²) < 4.78 is 0. The molecule has 0 aromatic carbocycles. The number of fused-ring (bicyclic) bond motifs is 2. The minimum atomic E-state index is -0.405. The van der Waals surface area contributed by atoms with E-state index < -0.39 is 5.92 Å². The largest absolute Gasteiger partial charge is 0.334 e. The Morgan fingerprint density at radius 1 is 1.23 bits per heavy atom. The van der Waals surface area contributed by atoms with Crippen LogP contribution in [0.2, 0.25) is 0 Å². The number of piperidine rings is 1. The number of carbonyl (C=O) groups excluding carboxylic acids is 2. The number of carbonyl (C=O) groups is 2. The molecule has 0 spiro atoms. The molecule has 3 nitrogen and oxygen atoms in total. The first-order valence-corrected chi connectivity index (χ1v) is 8.75. The van der Waals surface area contributed by atoms with Gasteiger partial charge in [-0.3, -0.25) is 9.59 Å². The monoisotopic (exact) mass is 297 g/mol. The fourth-order valence-corrected chi connectivity index (χ4v) is 6.36. The van der Waals surface area contributed by atoms with E-state index in [1.165, 1.54) is 17.6 Å². The summed E-state index contributed by atoms with van der Waals surface area (Å²) in [5.74, 6) is 0.857. The Hall–Kier alpha value is -1.38. The van der Waals surface area contributed by atoms with Crippen LogP contribution >= 0.6 is 0 Å². The molecule has 22 heavy (non-hydrogen) atoms. The molecule has 2 saturated heterocycles. The lowest BCUT2D eigenvalue weighted by Crippen LogP contribution is -2.51. The van der Waals surface area contributed by atoms with Gasteiger partial charge < -0.3 is 4.90 Å². The Kier molecular flexibility index (Phi) is 2.34. The second kappa shape index (κ2) is 3.93. The van der Waals surface area contributed by atoms with Gasteiger partial charge >= 0.3 is 0 Å². The van der Waals surface area contributed by atoms with Crippen LogP contribution < -0.4 is 0 Å². The van der Waals surface area contributed by atoms with Crippen LogP contribution in [-0.4, -0.2) is 29.2 Å². The number of hydrogen-bond donors (Lipinski definition) is 0. The van der Waals surface area contributed by atoms with Crippen LogP contribution in [0.5, 0.6) is 0 Å². The van der Waals surface area contributed by atoms with E-state index in [1.54, 1.807) is 5.57 Å². The molecule has 1 amide bonds. The number of allylic oxidation sites excluding steroid dienone is 1. The van der Waals surface area contributed by atoms with Crippen molar-refractivity contribution in [2.75, 3.05) is 6.54 Å². The minimum Gasteiger partial charge on any atom is -0.334 e. The maximum atomic E-state index is 13.0. The van der Waals surface area contributed by atoms with E-state index in [-0.39, 0.29) is 23.1 Å². The van der Waals surface area contributed by atoms with Gasteiger partial charge in [-0.2, -0.15) is 0 Å². The van der Waals surface area contributed by atoms with Crippen molar-refractivity contribution in [3.05, 3.63) is 23.3 Å². The summed E-state index contributed by atoms with van der Waals surface area (Å²) in [4.78, 5) is 28.0. The van der Waals surface area contributed by atoms with E-state index in [1.807, 2.05) is 4.90 Å². The highest BCUT2D eigenvalue weighted by Gasteiger charge is 2.65. The molecule has 5 aliphatic rings. The molecule has 2 aliphatic heterocycles. The van der Waals surface area contributed by atoms with Crippen molar-refractivity contribution in [2.24, 2.45) is 23.2 Å². The van der Waals surface area contributed by atoms with Gasteiger partial charge in [-0.15, -0.1) is 0 Å². The summed E-state index contributed by atoms with van der Waals surface area (Å²) in [6, 6.07) is 0.236. The highest BCUT2D eigenvalue weighted by Crippen LogP contribution is 2.62. The standard InChI is InChI=1S/C19H23NO2/c1-10-9-20-16-8-12(10)6-14-13-5-3-4-11(13)7-15(21)17(18(20)22)19(14,16)2/h11-12,16-17H,1,3-9H2,2H3/t11-,12?,16?,17-,19+/m1/s1. The molecule has 4 fully saturated rings. The summed E-state index contributed by atoms with van der Waals surface area (Å²) in [6.45, 7) is 7.16. The number of rotatable bonds is 0. The summed E-state index contributed by atoms with van der Waals surface area (Å²) in [5, 5.41) is 0. The van der Waals surface area contributed by atoms with Crippen LogP contribution in [0, 0.1) is 23.2 Å². The normalized spacial score (nSPS) is 46.2. The van der Waals surface area contributed by atoms with Crippen molar-refractivity contribution in [3.8, 4) is 0 Å². The highest BCUT2D eigenvalue weighted by atomic mass is 16.2. The Labute approximate surface area is 131 Å². The second-order valence-electron chi connectivity index (χ2n) is 8.26. The van der Waals surface area contributed by atoms with Gasteiger partial charge in [0.05, 0.1) is 0 Å². The van der Waals surface area contributed by atoms with E-state index in [0.717, 1.165) is 25.7 Å². The maximum absolute atomic E-state index is 13.0.